The van der Waals surface area contributed by atoms with Gasteiger partial charge in [-0.2, -0.15) is 0 Å². The highest BCUT2D eigenvalue weighted by molar-refractivity contribution is 6.32. The molecule has 0 aliphatic rings. The first-order valence-corrected chi connectivity index (χ1v) is 7.18. The predicted octanol–water partition coefficient (Wildman–Crippen LogP) is 3.67. The molecule has 0 radical (unpaired) electrons. The molecule has 3 rings (SSSR count). The Morgan fingerprint density at radius 1 is 1.29 bits per heavy atom. The summed E-state index contributed by atoms with van der Waals surface area (Å²) >= 11 is 6.03. The van der Waals surface area contributed by atoms with Gasteiger partial charge in [-0.25, -0.2) is 15.0 Å². The minimum Gasteiger partial charge on any atom is -0.365 e. The van der Waals surface area contributed by atoms with Gasteiger partial charge in [0.25, 0.3) is 0 Å². The van der Waals surface area contributed by atoms with Gasteiger partial charge in [0.05, 0.1) is 23.6 Å². The van der Waals surface area contributed by atoms with Crippen LogP contribution in [0.3, 0.4) is 0 Å². The van der Waals surface area contributed by atoms with Crippen LogP contribution in [0.4, 0.5) is 5.82 Å². The molecule has 21 heavy (non-hydrogen) atoms. The number of aromatic nitrogens is 4. The van der Waals surface area contributed by atoms with Gasteiger partial charge in [-0.3, -0.25) is 0 Å². The van der Waals surface area contributed by atoms with Crippen molar-refractivity contribution in [2.75, 3.05) is 5.32 Å². The normalized spacial score (nSPS) is 11.2. The van der Waals surface area contributed by atoms with E-state index in [-0.39, 0.29) is 0 Å². The highest BCUT2D eigenvalue weighted by Gasteiger charge is 2.07. The number of imidazole rings is 1. The number of halogens is 1. The highest BCUT2D eigenvalue weighted by atomic mass is 35.5. The van der Waals surface area contributed by atoms with Crippen LogP contribution in [-0.2, 0) is 6.54 Å². The summed E-state index contributed by atoms with van der Waals surface area (Å²) in [5.41, 5.74) is 3.30. The van der Waals surface area contributed by atoms with Crippen molar-refractivity contribution in [1.29, 1.82) is 0 Å². The monoisotopic (exact) mass is 301 g/mol. The molecule has 0 aliphatic heterocycles. The predicted molar refractivity (Wildman–Crippen MR) is 84.5 cm³/mol. The van der Waals surface area contributed by atoms with Crippen LogP contribution in [0.1, 0.15) is 25.5 Å². The Hall–Kier alpha value is -2.14. The van der Waals surface area contributed by atoms with Crippen molar-refractivity contribution in [2.24, 2.45) is 0 Å². The van der Waals surface area contributed by atoms with Crippen molar-refractivity contribution in [2.45, 2.75) is 26.4 Å². The molecule has 1 aromatic carbocycles. The van der Waals surface area contributed by atoms with Crippen LogP contribution >= 0.6 is 11.6 Å². The van der Waals surface area contributed by atoms with E-state index in [4.69, 9.17) is 11.6 Å². The number of hydrogen-bond donors (Lipinski definition) is 1. The lowest BCUT2D eigenvalue weighted by Crippen LogP contribution is -2.03. The largest absolute Gasteiger partial charge is 0.365 e. The van der Waals surface area contributed by atoms with Gasteiger partial charge in [0, 0.05) is 12.6 Å². The number of hydrogen-bond acceptors (Lipinski definition) is 4. The van der Waals surface area contributed by atoms with Crippen molar-refractivity contribution < 1.29 is 0 Å². The first-order chi connectivity index (χ1) is 10.1. The molecule has 0 aliphatic carbocycles. The Labute approximate surface area is 128 Å². The summed E-state index contributed by atoms with van der Waals surface area (Å²) in [7, 11) is 0. The molecule has 0 saturated carbocycles. The number of fused-ring (bicyclic) bond motifs is 1. The van der Waals surface area contributed by atoms with Crippen LogP contribution in [0.2, 0.25) is 5.02 Å². The van der Waals surface area contributed by atoms with Crippen LogP contribution in [0, 0.1) is 0 Å². The molecule has 0 saturated heterocycles. The van der Waals surface area contributed by atoms with Crippen LogP contribution in [0.5, 0.6) is 0 Å². The fraction of sp³-hybridized carbons (Fsp3) is 0.267. The summed E-state index contributed by atoms with van der Waals surface area (Å²) < 4.78 is 2.16. The summed E-state index contributed by atoms with van der Waals surface area (Å²) in [4.78, 5) is 12.4. The Balaban J connectivity index is 1.84. The summed E-state index contributed by atoms with van der Waals surface area (Å²) in [5.74, 6) is 0.643. The Morgan fingerprint density at radius 3 is 2.90 bits per heavy atom. The molecule has 0 bridgehead atoms. The molecule has 0 fully saturated rings. The fourth-order valence-electron chi connectivity index (χ4n) is 2.22. The minimum atomic E-state index is 0.384. The second kappa shape index (κ2) is 5.69. The Bertz CT molecular complexity index is 766. The van der Waals surface area contributed by atoms with E-state index in [1.807, 2.05) is 12.4 Å². The maximum Gasteiger partial charge on any atom is 0.148 e. The van der Waals surface area contributed by atoms with Gasteiger partial charge in [-0.1, -0.05) is 17.7 Å². The molecule has 5 nitrogen and oxygen atoms in total. The maximum absolute atomic E-state index is 6.03. The number of nitrogens with one attached hydrogen (secondary N) is 1. The quantitative estimate of drug-likeness (QED) is 0.799. The fourth-order valence-corrected chi connectivity index (χ4v) is 2.39. The lowest BCUT2D eigenvalue weighted by atomic mass is 10.2. The number of anilines is 1. The summed E-state index contributed by atoms with van der Waals surface area (Å²) in [6.07, 6.45) is 4.94. The zero-order valence-corrected chi connectivity index (χ0v) is 12.7. The Morgan fingerprint density at radius 2 is 2.14 bits per heavy atom. The maximum atomic E-state index is 6.03. The summed E-state index contributed by atoms with van der Waals surface area (Å²) in [6, 6.07) is 6.62. The average molecular weight is 302 g/mol. The summed E-state index contributed by atoms with van der Waals surface area (Å²) in [5, 5.41) is 3.74. The van der Waals surface area contributed by atoms with Crippen molar-refractivity contribution in [3.8, 4) is 0 Å². The molecule has 6 heteroatoms. The molecular formula is C15H16ClN5. The smallest absolute Gasteiger partial charge is 0.148 e. The molecule has 0 atom stereocenters. The second-order valence-corrected chi connectivity index (χ2v) is 5.55. The van der Waals surface area contributed by atoms with Crippen LogP contribution < -0.4 is 5.32 Å². The van der Waals surface area contributed by atoms with E-state index >= 15 is 0 Å². The number of nitrogens with zero attached hydrogens (tertiary/aromatic N) is 4. The van der Waals surface area contributed by atoms with E-state index in [2.05, 4.69) is 50.8 Å². The van der Waals surface area contributed by atoms with E-state index in [0.717, 1.165) is 16.6 Å². The third-order valence-electron chi connectivity index (χ3n) is 3.32. The van der Waals surface area contributed by atoms with Crippen LogP contribution in [0.25, 0.3) is 11.0 Å². The lowest BCUT2D eigenvalue weighted by Gasteiger charge is -2.10. The molecule has 2 heterocycles. The molecule has 2 aromatic heterocycles. The van der Waals surface area contributed by atoms with Crippen LogP contribution in [-0.4, -0.2) is 19.5 Å². The second-order valence-electron chi connectivity index (χ2n) is 5.14. The molecule has 0 unspecified atom stereocenters. The van der Waals surface area contributed by atoms with Gasteiger partial charge in [0.1, 0.15) is 17.2 Å². The van der Waals surface area contributed by atoms with Gasteiger partial charge >= 0.3 is 0 Å². The minimum absolute atomic E-state index is 0.384. The van der Waals surface area contributed by atoms with E-state index in [1.165, 1.54) is 6.33 Å². The third-order valence-corrected chi connectivity index (χ3v) is 3.60. The lowest BCUT2D eigenvalue weighted by molar-refractivity contribution is 0.617. The van der Waals surface area contributed by atoms with E-state index in [1.54, 1.807) is 6.20 Å². The third kappa shape index (κ3) is 2.83. The molecule has 3 aromatic rings. The van der Waals surface area contributed by atoms with Crippen LogP contribution in [0.15, 0.2) is 37.1 Å². The van der Waals surface area contributed by atoms with Crippen molar-refractivity contribution in [1.82, 2.24) is 19.5 Å². The van der Waals surface area contributed by atoms with Crippen molar-refractivity contribution >= 4 is 28.5 Å². The highest BCUT2D eigenvalue weighted by Crippen LogP contribution is 2.21. The SMILES string of the molecule is CC(C)n1cnc2ccc(CNc3ncncc3Cl)cc21. The zero-order chi connectivity index (χ0) is 14.8. The molecule has 0 amide bonds. The first-order valence-electron chi connectivity index (χ1n) is 6.80. The van der Waals surface area contributed by atoms with Crippen molar-refractivity contribution in [3.63, 3.8) is 0 Å². The standard InChI is InChI=1S/C15H16ClN5/c1-10(2)21-9-20-13-4-3-11(5-14(13)21)6-18-15-12(16)7-17-8-19-15/h3-5,7-10H,6H2,1-2H3,(H,17,18,19). The van der Waals surface area contributed by atoms with E-state index in [9.17, 15) is 0 Å². The van der Waals surface area contributed by atoms with E-state index < -0.39 is 0 Å². The van der Waals surface area contributed by atoms with Gasteiger partial charge < -0.3 is 9.88 Å². The first kappa shape index (κ1) is 13.8. The van der Waals surface area contributed by atoms with Crippen molar-refractivity contribution in [3.05, 3.63) is 47.6 Å². The number of rotatable bonds is 4. The average Bonchev–Trinajstić information content (AvgIpc) is 2.89. The molecule has 108 valence electrons. The topological polar surface area (TPSA) is 55.6 Å². The van der Waals surface area contributed by atoms with E-state index in [0.29, 0.717) is 23.4 Å². The Kier molecular flexibility index (Phi) is 3.75. The van der Waals surface area contributed by atoms with Gasteiger partial charge in [-0.15, -0.1) is 0 Å². The summed E-state index contributed by atoms with van der Waals surface area (Å²) in [6.45, 7) is 4.94. The molecule has 0 spiro atoms. The zero-order valence-electron chi connectivity index (χ0n) is 11.9. The van der Waals surface area contributed by atoms with Gasteiger partial charge in [0.15, 0.2) is 0 Å². The molecular weight excluding hydrogens is 286 g/mol. The van der Waals surface area contributed by atoms with Gasteiger partial charge in [0.2, 0.25) is 0 Å². The van der Waals surface area contributed by atoms with Gasteiger partial charge in [-0.05, 0) is 31.5 Å². The number of benzene rings is 1. The molecule has 1 N–H and O–H groups in total.